The summed E-state index contributed by atoms with van der Waals surface area (Å²) in [4.78, 5) is 18.5. The first-order valence-corrected chi connectivity index (χ1v) is 6.33. The van der Waals surface area contributed by atoms with E-state index < -0.39 is 0 Å². The Morgan fingerprint density at radius 1 is 1.50 bits per heavy atom. The Balaban J connectivity index is 2.69. The van der Waals surface area contributed by atoms with Gasteiger partial charge in [-0.25, -0.2) is 0 Å². The van der Waals surface area contributed by atoms with Crippen LogP contribution < -0.4 is 15.0 Å². The molecule has 7 heteroatoms. The topological polar surface area (TPSA) is 63.7 Å². The quantitative estimate of drug-likeness (QED) is 0.776. The lowest BCUT2D eigenvalue weighted by molar-refractivity contribution is -0.142. The third kappa shape index (κ3) is 3.58. The van der Waals surface area contributed by atoms with Crippen LogP contribution in [-0.2, 0) is 16.1 Å². The number of thiazole rings is 1. The van der Waals surface area contributed by atoms with Crippen molar-refractivity contribution < 1.29 is 14.3 Å². The molecule has 0 saturated heterocycles. The summed E-state index contributed by atoms with van der Waals surface area (Å²) in [5.74, 6) is 0.305. The van der Waals surface area contributed by atoms with Crippen LogP contribution in [0, 0.1) is 0 Å². The first-order chi connectivity index (χ1) is 8.49. The highest BCUT2D eigenvalue weighted by atomic mass is 32.1. The van der Waals surface area contributed by atoms with E-state index in [4.69, 9.17) is 4.74 Å². The van der Waals surface area contributed by atoms with Gasteiger partial charge >= 0.3 is 5.97 Å². The lowest BCUT2D eigenvalue weighted by Gasteiger charge is -2.10. The van der Waals surface area contributed by atoms with Gasteiger partial charge in [0.2, 0.25) is 5.88 Å². The van der Waals surface area contributed by atoms with Crippen LogP contribution in [-0.4, -0.2) is 45.3 Å². The van der Waals surface area contributed by atoms with Crippen LogP contribution in [0.25, 0.3) is 0 Å². The van der Waals surface area contributed by atoms with Gasteiger partial charge < -0.3 is 14.4 Å². The summed E-state index contributed by atoms with van der Waals surface area (Å²) in [6.07, 6.45) is 0. The minimum Gasteiger partial charge on any atom is -0.480 e. The molecule has 0 saturated carbocycles. The molecule has 102 valence electrons. The Hall–Kier alpha value is -1.34. The van der Waals surface area contributed by atoms with Crippen LogP contribution in [0.5, 0.6) is 5.88 Å². The molecule has 1 unspecified atom stereocenters. The number of hydrogen-bond acceptors (Lipinski definition) is 7. The first-order valence-electron chi connectivity index (χ1n) is 5.51. The van der Waals surface area contributed by atoms with Gasteiger partial charge in [-0.05, 0) is 6.92 Å². The monoisotopic (exact) mass is 273 g/mol. The molecule has 0 aliphatic heterocycles. The molecule has 0 spiro atoms. The Labute approximate surface area is 111 Å². The maximum absolute atomic E-state index is 11.3. The summed E-state index contributed by atoms with van der Waals surface area (Å²) >= 11 is 1.53. The lowest BCUT2D eigenvalue weighted by Crippen LogP contribution is -2.34. The van der Waals surface area contributed by atoms with Gasteiger partial charge in [-0.2, -0.15) is 4.98 Å². The zero-order valence-electron chi connectivity index (χ0n) is 11.3. The number of ether oxygens (including phenoxy) is 2. The number of nitrogens with zero attached hydrogens (tertiary/aromatic N) is 2. The van der Waals surface area contributed by atoms with Crippen molar-refractivity contribution >= 4 is 22.4 Å². The van der Waals surface area contributed by atoms with Crippen molar-refractivity contribution in [2.24, 2.45) is 0 Å². The van der Waals surface area contributed by atoms with Crippen molar-refractivity contribution in [2.75, 3.05) is 33.2 Å². The molecule has 1 heterocycles. The third-order valence-corrected chi connectivity index (χ3v) is 3.55. The fourth-order valence-electron chi connectivity index (χ4n) is 1.29. The molecule has 0 bridgehead atoms. The highest BCUT2D eigenvalue weighted by Crippen LogP contribution is 2.30. The molecule has 1 aromatic rings. The number of methoxy groups -OCH3 is 2. The normalized spacial score (nSPS) is 12.1. The number of esters is 1. The highest BCUT2D eigenvalue weighted by Gasteiger charge is 2.16. The minimum atomic E-state index is -0.357. The number of carbonyl (C=O) groups is 1. The van der Waals surface area contributed by atoms with Gasteiger partial charge in [0.1, 0.15) is 6.04 Å². The van der Waals surface area contributed by atoms with Crippen LogP contribution in [0.4, 0.5) is 5.13 Å². The van der Waals surface area contributed by atoms with E-state index in [-0.39, 0.29) is 12.0 Å². The lowest BCUT2D eigenvalue weighted by atomic mass is 10.3. The van der Waals surface area contributed by atoms with E-state index in [1.54, 1.807) is 14.0 Å². The summed E-state index contributed by atoms with van der Waals surface area (Å²) in [6.45, 7) is 2.27. The molecule has 1 rings (SSSR count). The van der Waals surface area contributed by atoms with Crippen LogP contribution in [0.3, 0.4) is 0 Å². The fourth-order valence-corrected chi connectivity index (χ4v) is 2.20. The van der Waals surface area contributed by atoms with Gasteiger partial charge in [0, 0.05) is 20.6 Å². The largest absolute Gasteiger partial charge is 0.480 e. The molecule has 0 aromatic carbocycles. The number of rotatable bonds is 6. The zero-order chi connectivity index (χ0) is 13.7. The van der Waals surface area contributed by atoms with E-state index in [9.17, 15) is 4.79 Å². The average molecular weight is 273 g/mol. The van der Waals surface area contributed by atoms with E-state index >= 15 is 0 Å². The van der Waals surface area contributed by atoms with Gasteiger partial charge in [-0.1, -0.05) is 11.3 Å². The summed E-state index contributed by atoms with van der Waals surface area (Å²) in [7, 11) is 6.80. The fraction of sp³-hybridized carbons (Fsp3) is 0.636. The molecule has 0 aliphatic rings. The Morgan fingerprint density at radius 2 is 2.17 bits per heavy atom. The van der Waals surface area contributed by atoms with Crippen LogP contribution in [0.15, 0.2) is 0 Å². The smallest absolute Gasteiger partial charge is 0.322 e. The van der Waals surface area contributed by atoms with E-state index in [1.807, 2.05) is 19.0 Å². The van der Waals surface area contributed by atoms with E-state index in [2.05, 4.69) is 15.0 Å². The Kier molecular flexibility index (Phi) is 5.36. The Bertz CT molecular complexity index is 406. The van der Waals surface area contributed by atoms with Crippen molar-refractivity contribution in [1.29, 1.82) is 0 Å². The number of carbonyl (C=O) groups excluding carboxylic acids is 1. The van der Waals surface area contributed by atoms with Gasteiger partial charge in [-0.15, -0.1) is 0 Å². The number of hydrogen-bond donors (Lipinski definition) is 1. The molecular formula is C11H19N3O3S. The van der Waals surface area contributed by atoms with Gasteiger partial charge in [0.25, 0.3) is 0 Å². The first kappa shape index (κ1) is 14.7. The molecule has 6 nitrogen and oxygen atoms in total. The van der Waals surface area contributed by atoms with Crippen LogP contribution in [0.1, 0.15) is 11.8 Å². The van der Waals surface area contributed by atoms with Crippen molar-refractivity contribution in [2.45, 2.75) is 19.5 Å². The van der Waals surface area contributed by atoms with Crippen LogP contribution in [0.2, 0.25) is 0 Å². The summed E-state index contributed by atoms with van der Waals surface area (Å²) in [6, 6.07) is -0.357. The van der Waals surface area contributed by atoms with Crippen molar-refractivity contribution in [1.82, 2.24) is 10.3 Å². The predicted octanol–water partition coefficient (Wildman–Crippen LogP) is 0.869. The minimum absolute atomic E-state index is 0.286. The SMILES string of the molecule is COC(=O)C(C)NCc1sc(N(C)C)nc1OC. The zero-order valence-corrected chi connectivity index (χ0v) is 12.1. The molecule has 1 N–H and O–H groups in total. The Morgan fingerprint density at radius 3 is 2.67 bits per heavy atom. The number of aromatic nitrogens is 1. The maximum atomic E-state index is 11.3. The van der Waals surface area contributed by atoms with Crippen molar-refractivity contribution in [3.63, 3.8) is 0 Å². The second-order valence-corrected chi connectivity index (χ2v) is 5.01. The third-order valence-electron chi connectivity index (χ3n) is 2.35. The number of anilines is 1. The molecule has 0 amide bonds. The van der Waals surface area contributed by atoms with Gasteiger partial charge in [0.05, 0.1) is 19.1 Å². The molecule has 1 aromatic heterocycles. The van der Waals surface area contributed by atoms with E-state index in [0.29, 0.717) is 12.4 Å². The van der Waals surface area contributed by atoms with E-state index in [0.717, 1.165) is 10.0 Å². The molecule has 18 heavy (non-hydrogen) atoms. The summed E-state index contributed by atoms with van der Waals surface area (Å²) in [5, 5.41) is 3.94. The second kappa shape index (κ2) is 6.55. The molecule has 1 atom stereocenters. The summed E-state index contributed by atoms with van der Waals surface area (Å²) in [5.41, 5.74) is 0. The second-order valence-electron chi connectivity index (χ2n) is 3.95. The molecule has 0 radical (unpaired) electrons. The average Bonchev–Trinajstić information content (AvgIpc) is 2.78. The number of nitrogens with one attached hydrogen (secondary N) is 1. The van der Waals surface area contributed by atoms with E-state index in [1.165, 1.54) is 18.4 Å². The van der Waals surface area contributed by atoms with Crippen LogP contribution >= 0.6 is 11.3 Å². The standard InChI is InChI=1S/C11H19N3O3S/c1-7(10(15)17-5)12-6-8-9(16-4)13-11(18-8)14(2)3/h7,12H,6H2,1-5H3. The van der Waals surface area contributed by atoms with Gasteiger partial charge in [-0.3, -0.25) is 10.1 Å². The maximum Gasteiger partial charge on any atom is 0.322 e. The molecule has 0 fully saturated rings. The molecular weight excluding hydrogens is 254 g/mol. The van der Waals surface area contributed by atoms with Crippen molar-refractivity contribution in [3.8, 4) is 5.88 Å². The highest BCUT2D eigenvalue weighted by molar-refractivity contribution is 7.15. The summed E-state index contributed by atoms with van der Waals surface area (Å²) < 4.78 is 9.86. The van der Waals surface area contributed by atoms with Gasteiger partial charge in [0.15, 0.2) is 5.13 Å². The predicted molar refractivity (Wildman–Crippen MR) is 71.3 cm³/mol. The van der Waals surface area contributed by atoms with Crippen molar-refractivity contribution in [3.05, 3.63) is 4.88 Å². The molecule has 0 aliphatic carbocycles.